The molecule has 0 radical (unpaired) electrons. The number of aryl methyl sites for hydroxylation is 1. The molecule has 0 bridgehead atoms. The summed E-state index contributed by atoms with van der Waals surface area (Å²) in [6, 6.07) is 17.0. The quantitative estimate of drug-likeness (QED) is 0.200. The molecule has 0 spiro atoms. The predicted molar refractivity (Wildman–Crippen MR) is 143 cm³/mol. The van der Waals surface area contributed by atoms with Crippen LogP contribution >= 0.6 is 22.9 Å². The first kappa shape index (κ1) is 23.5. The van der Waals surface area contributed by atoms with Crippen LogP contribution < -0.4 is 14.4 Å². The Hall–Kier alpha value is -3.88. The first-order valence-corrected chi connectivity index (χ1v) is 13.0. The molecule has 2 aliphatic rings. The summed E-state index contributed by atoms with van der Waals surface area (Å²) in [5, 5.41) is 12.3. The zero-order valence-electron chi connectivity index (χ0n) is 19.7. The molecule has 2 aliphatic heterocycles. The number of anilines is 1. The lowest BCUT2D eigenvalue weighted by Gasteiger charge is -2.23. The minimum Gasteiger partial charge on any atom is -0.507 e. The second-order valence-electron chi connectivity index (χ2n) is 8.73. The van der Waals surface area contributed by atoms with Gasteiger partial charge in [-0.15, -0.1) is 0 Å². The highest BCUT2D eigenvalue weighted by molar-refractivity contribution is 7.22. The van der Waals surface area contributed by atoms with E-state index in [4.69, 9.17) is 21.1 Å². The fraction of sp³-hybridized carbons (Fsp3) is 0.179. The van der Waals surface area contributed by atoms with E-state index in [1.807, 2.05) is 24.3 Å². The summed E-state index contributed by atoms with van der Waals surface area (Å²) in [5.74, 6) is -0.797. The van der Waals surface area contributed by atoms with Gasteiger partial charge in [-0.05, 0) is 53.9 Å². The number of halogens is 1. The van der Waals surface area contributed by atoms with Crippen molar-refractivity contribution < 1.29 is 24.2 Å². The number of hydrogen-bond donors (Lipinski definition) is 1. The van der Waals surface area contributed by atoms with E-state index in [9.17, 15) is 14.7 Å². The lowest BCUT2D eigenvalue weighted by Crippen LogP contribution is -2.29. The molecule has 1 saturated heterocycles. The highest BCUT2D eigenvalue weighted by Crippen LogP contribution is 2.45. The molecule has 1 N–H and O–H groups in total. The summed E-state index contributed by atoms with van der Waals surface area (Å²) in [6.07, 6.45) is 0.844. The minimum absolute atomic E-state index is 0.0109. The molecular formula is C28H21ClN2O5S. The molecule has 0 aliphatic carbocycles. The summed E-state index contributed by atoms with van der Waals surface area (Å²) >= 11 is 7.43. The monoisotopic (exact) mass is 532 g/mol. The van der Waals surface area contributed by atoms with Crippen LogP contribution in [0.15, 0.2) is 66.2 Å². The first-order valence-electron chi connectivity index (χ1n) is 11.8. The van der Waals surface area contributed by atoms with Crippen LogP contribution in [0.25, 0.3) is 16.0 Å². The van der Waals surface area contributed by atoms with Gasteiger partial charge in [-0.3, -0.25) is 14.5 Å². The number of aromatic nitrogens is 1. The highest BCUT2D eigenvalue weighted by Gasteiger charge is 2.48. The largest absolute Gasteiger partial charge is 0.507 e. The number of ether oxygens (including phenoxy) is 2. The Kier molecular flexibility index (Phi) is 5.85. The maximum Gasteiger partial charge on any atom is 0.301 e. The zero-order valence-corrected chi connectivity index (χ0v) is 21.3. The molecule has 1 aromatic heterocycles. The number of rotatable bonds is 4. The molecule has 1 amide bonds. The lowest BCUT2D eigenvalue weighted by atomic mass is 9.94. The molecule has 1 unspecified atom stereocenters. The molecule has 4 aromatic rings. The highest BCUT2D eigenvalue weighted by atomic mass is 35.5. The van der Waals surface area contributed by atoms with Crippen molar-refractivity contribution in [2.75, 3.05) is 18.1 Å². The summed E-state index contributed by atoms with van der Waals surface area (Å²) in [6.45, 7) is 2.87. The minimum atomic E-state index is -0.866. The Morgan fingerprint density at radius 2 is 1.81 bits per heavy atom. The Bertz CT molecular complexity index is 1590. The molecule has 3 heterocycles. The number of aliphatic hydroxyl groups excluding tert-OH is 1. The molecule has 6 rings (SSSR count). The molecular weight excluding hydrogens is 512 g/mol. The van der Waals surface area contributed by atoms with Gasteiger partial charge >= 0.3 is 5.91 Å². The molecule has 3 aromatic carbocycles. The smallest absolute Gasteiger partial charge is 0.301 e. The predicted octanol–water partition coefficient (Wildman–Crippen LogP) is 5.91. The molecule has 0 saturated carbocycles. The fourth-order valence-electron chi connectivity index (χ4n) is 4.62. The van der Waals surface area contributed by atoms with Crippen molar-refractivity contribution in [1.82, 2.24) is 4.98 Å². The van der Waals surface area contributed by atoms with E-state index in [1.54, 1.807) is 36.4 Å². The fourth-order valence-corrected chi connectivity index (χ4v) is 5.88. The van der Waals surface area contributed by atoms with Crippen LogP contribution in [0.2, 0.25) is 5.02 Å². The summed E-state index contributed by atoms with van der Waals surface area (Å²) < 4.78 is 12.0. The number of hydrogen-bond acceptors (Lipinski definition) is 7. The number of carbonyl (C=O) groups is 2. The van der Waals surface area contributed by atoms with Gasteiger partial charge < -0.3 is 14.6 Å². The zero-order chi connectivity index (χ0) is 25.7. The Morgan fingerprint density at radius 1 is 1.05 bits per heavy atom. The van der Waals surface area contributed by atoms with E-state index in [0.717, 1.165) is 16.7 Å². The number of fused-ring (bicyclic) bond motifs is 2. The summed E-state index contributed by atoms with van der Waals surface area (Å²) in [7, 11) is 0. The number of nitrogens with zero attached hydrogens (tertiary/aromatic N) is 2. The van der Waals surface area contributed by atoms with Gasteiger partial charge in [0.1, 0.15) is 19.0 Å². The van der Waals surface area contributed by atoms with Gasteiger partial charge in [0.25, 0.3) is 5.78 Å². The maximum absolute atomic E-state index is 13.5. The second kappa shape index (κ2) is 9.21. The SMILES string of the molecule is CCc1ccc(C2C(=C(O)c3ccc4c(c3)OCCO4)C(=O)C(=O)N2c2nc3ccc(Cl)cc3s2)cc1. The van der Waals surface area contributed by atoms with Crippen molar-refractivity contribution in [1.29, 1.82) is 0 Å². The molecule has 1 atom stereocenters. The van der Waals surface area contributed by atoms with Gasteiger partial charge in [0.15, 0.2) is 16.6 Å². The average Bonchev–Trinajstić information content (AvgIpc) is 3.45. The summed E-state index contributed by atoms with van der Waals surface area (Å²) in [5.41, 5.74) is 2.81. The Labute approximate surface area is 221 Å². The standard InChI is InChI=1S/C28H21ClN2O5S/c1-2-15-3-5-16(6-4-15)24-23(25(32)17-7-10-20-21(13-17)36-12-11-35-20)26(33)27(34)31(24)28-30-19-9-8-18(29)14-22(19)37-28/h3-10,13-14,24,32H,2,11-12H2,1H3. The van der Waals surface area contributed by atoms with Crippen LogP contribution in [-0.2, 0) is 16.0 Å². The third-order valence-corrected chi connectivity index (χ3v) is 7.76. The van der Waals surface area contributed by atoms with Crippen molar-refractivity contribution in [2.45, 2.75) is 19.4 Å². The van der Waals surface area contributed by atoms with Crippen LogP contribution in [0.1, 0.15) is 29.7 Å². The van der Waals surface area contributed by atoms with E-state index in [-0.39, 0.29) is 11.3 Å². The van der Waals surface area contributed by atoms with E-state index >= 15 is 0 Å². The number of thiazole rings is 1. The van der Waals surface area contributed by atoms with Crippen LogP contribution in [0.5, 0.6) is 11.5 Å². The van der Waals surface area contributed by atoms with Crippen LogP contribution in [0.4, 0.5) is 5.13 Å². The average molecular weight is 533 g/mol. The number of ketones is 1. The Balaban J connectivity index is 1.53. The third-order valence-electron chi connectivity index (χ3n) is 6.51. The van der Waals surface area contributed by atoms with E-state index in [2.05, 4.69) is 11.9 Å². The molecule has 186 valence electrons. The summed E-state index contributed by atoms with van der Waals surface area (Å²) in [4.78, 5) is 32.9. The van der Waals surface area contributed by atoms with Gasteiger partial charge in [0.05, 0.1) is 21.8 Å². The van der Waals surface area contributed by atoms with Crippen LogP contribution in [0.3, 0.4) is 0 Å². The van der Waals surface area contributed by atoms with E-state index in [1.165, 1.54) is 16.2 Å². The van der Waals surface area contributed by atoms with Gasteiger partial charge in [-0.1, -0.05) is 54.1 Å². The maximum atomic E-state index is 13.5. The third kappa shape index (κ3) is 4.02. The number of aliphatic hydroxyl groups is 1. The number of benzene rings is 3. The second-order valence-corrected chi connectivity index (χ2v) is 10.2. The normalized spacial score (nSPS) is 18.5. The molecule has 37 heavy (non-hydrogen) atoms. The van der Waals surface area contributed by atoms with E-state index in [0.29, 0.717) is 51.5 Å². The van der Waals surface area contributed by atoms with Crippen molar-refractivity contribution in [3.05, 3.63) is 87.9 Å². The van der Waals surface area contributed by atoms with E-state index < -0.39 is 17.7 Å². The number of Topliss-reactive ketones (excluding diaryl/α,β-unsaturated/α-hetero) is 1. The Morgan fingerprint density at radius 3 is 2.57 bits per heavy atom. The van der Waals surface area contributed by atoms with Crippen molar-refractivity contribution in [3.8, 4) is 11.5 Å². The van der Waals surface area contributed by atoms with Crippen LogP contribution in [-0.4, -0.2) is 35.0 Å². The number of carbonyl (C=O) groups excluding carboxylic acids is 2. The number of amides is 1. The molecule has 9 heteroatoms. The molecule has 7 nitrogen and oxygen atoms in total. The van der Waals surface area contributed by atoms with Gasteiger partial charge in [0.2, 0.25) is 0 Å². The van der Waals surface area contributed by atoms with Gasteiger partial charge in [-0.25, -0.2) is 4.98 Å². The lowest BCUT2D eigenvalue weighted by molar-refractivity contribution is -0.132. The van der Waals surface area contributed by atoms with Gasteiger partial charge in [-0.2, -0.15) is 0 Å². The first-order chi connectivity index (χ1) is 17.9. The van der Waals surface area contributed by atoms with Gasteiger partial charge in [0, 0.05) is 10.6 Å². The molecule has 1 fully saturated rings. The van der Waals surface area contributed by atoms with Crippen molar-refractivity contribution in [2.24, 2.45) is 0 Å². The van der Waals surface area contributed by atoms with Crippen LogP contribution in [0, 0.1) is 0 Å². The topological polar surface area (TPSA) is 89.0 Å². The van der Waals surface area contributed by atoms with Crippen molar-refractivity contribution >= 4 is 55.7 Å². The van der Waals surface area contributed by atoms with Crippen molar-refractivity contribution in [3.63, 3.8) is 0 Å².